The Morgan fingerprint density at radius 1 is 1.10 bits per heavy atom. The van der Waals surface area contributed by atoms with Crippen LogP contribution in [0.15, 0.2) is 64.5 Å². The van der Waals surface area contributed by atoms with E-state index in [9.17, 15) is 9.59 Å². The molecule has 1 amide bonds. The molecule has 3 aromatic carbocycles. The number of thioether (sulfide) groups is 1. The zero-order valence-corrected chi connectivity index (χ0v) is 23.1. The molecule has 202 valence electrons. The van der Waals surface area contributed by atoms with E-state index in [1.54, 1.807) is 42.0 Å². The van der Waals surface area contributed by atoms with Gasteiger partial charge in [0.15, 0.2) is 16.7 Å². The largest absolute Gasteiger partial charge is 0.497 e. The van der Waals surface area contributed by atoms with Crippen molar-refractivity contribution in [3.05, 3.63) is 75.5 Å². The summed E-state index contributed by atoms with van der Waals surface area (Å²) in [7, 11) is 3.13. The van der Waals surface area contributed by atoms with Gasteiger partial charge >= 0.3 is 0 Å². The molecule has 0 radical (unpaired) electrons. The molecule has 0 saturated carbocycles. The van der Waals surface area contributed by atoms with Gasteiger partial charge in [0.05, 0.1) is 41.9 Å². The molecular formula is C28H26ClN3O6S. The normalized spacial score (nSPS) is 12.8. The van der Waals surface area contributed by atoms with Crippen LogP contribution in [-0.4, -0.2) is 41.7 Å². The minimum absolute atomic E-state index is 0.0841. The second kappa shape index (κ2) is 11.5. The molecule has 1 aromatic heterocycles. The molecule has 0 bridgehead atoms. The number of carbonyl (C=O) groups is 1. The molecule has 1 N–H and O–H groups in total. The first-order chi connectivity index (χ1) is 18.9. The molecule has 5 rings (SSSR count). The molecule has 0 aliphatic carbocycles. The topological polar surface area (TPSA) is 101 Å². The fourth-order valence-electron chi connectivity index (χ4n) is 4.15. The highest BCUT2D eigenvalue weighted by atomic mass is 35.5. The van der Waals surface area contributed by atoms with Gasteiger partial charge in [-0.2, -0.15) is 0 Å². The number of nitrogens with zero attached hydrogens (tertiary/aromatic N) is 2. The first-order valence-electron chi connectivity index (χ1n) is 12.2. The maximum atomic E-state index is 13.8. The Kier molecular flexibility index (Phi) is 7.85. The fourth-order valence-corrected chi connectivity index (χ4v) is 5.42. The van der Waals surface area contributed by atoms with Gasteiger partial charge in [0.2, 0.25) is 12.7 Å². The monoisotopic (exact) mass is 567 g/mol. The number of hydrogen-bond donors (Lipinski definition) is 1. The number of nitrogens with one attached hydrogen (secondary N) is 1. The molecule has 1 atom stereocenters. The molecule has 39 heavy (non-hydrogen) atoms. The molecule has 0 unspecified atom stereocenters. The highest BCUT2D eigenvalue weighted by Crippen LogP contribution is 2.36. The zero-order valence-electron chi connectivity index (χ0n) is 21.5. The van der Waals surface area contributed by atoms with Crippen LogP contribution in [-0.2, 0) is 11.3 Å². The van der Waals surface area contributed by atoms with Crippen molar-refractivity contribution in [1.29, 1.82) is 0 Å². The van der Waals surface area contributed by atoms with Crippen molar-refractivity contribution in [3.8, 4) is 23.0 Å². The van der Waals surface area contributed by atoms with Gasteiger partial charge in [0, 0.05) is 11.8 Å². The van der Waals surface area contributed by atoms with Gasteiger partial charge in [-0.05, 0) is 48.4 Å². The minimum atomic E-state index is -0.536. The molecule has 1 aliphatic rings. The van der Waals surface area contributed by atoms with E-state index in [0.717, 1.165) is 5.56 Å². The predicted molar refractivity (Wildman–Crippen MR) is 151 cm³/mol. The van der Waals surface area contributed by atoms with E-state index in [2.05, 4.69) is 5.32 Å². The molecule has 0 spiro atoms. The number of carbonyl (C=O) groups excluding carboxylic acids is 1. The molecule has 9 nitrogen and oxygen atoms in total. The third-order valence-electron chi connectivity index (χ3n) is 6.24. The lowest BCUT2D eigenvalue weighted by Crippen LogP contribution is -2.28. The molecule has 0 saturated heterocycles. The molecular weight excluding hydrogens is 542 g/mol. The van der Waals surface area contributed by atoms with Crippen LogP contribution in [0.2, 0.25) is 5.02 Å². The Labute approximate surface area is 234 Å². The summed E-state index contributed by atoms with van der Waals surface area (Å²) in [6, 6.07) is 15.8. The van der Waals surface area contributed by atoms with Crippen LogP contribution < -0.4 is 29.8 Å². The van der Waals surface area contributed by atoms with E-state index >= 15 is 0 Å². The molecule has 4 aromatic rings. The number of benzene rings is 3. The van der Waals surface area contributed by atoms with E-state index in [1.165, 1.54) is 18.9 Å². The van der Waals surface area contributed by atoms with E-state index in [0.29, 0.717) is 56.2 Å². The molecule has 11 heteroatoms. The average Bonchev–Trinajstić information content (AvgIpc) is 3.40. The van der Waals surface area contributed by atoms with Gasteiger partial charge in [-0.1, -0.05) is 42.4 Å². The van der Waals surface area contributed by atoms with E-state index in [1.807, 2.05) is 31.2 Å². The fraction of sp³-hybridized carbons (Fsp3) is 0.250. The van der Waals surface area contributed by atoms with E-state index < -0.39 is 5.25 Å². The van der Waals surface area contributed by atoms with Crippen LogP contribution in [0.25, 0.3) is 10.9 Å². The average molecular weight is 568 g/mol. The highest BCUT2D eigenvalue weighted by Gasteiger charge is 2.24. The maximum absolute atomic E-state index is 13.8. The third kappa shape index (κ3) is 5.62. The summed E-state index contributed by atoms with van der Waals surface area (Å²) in [4.78, 5) is 31.9. The SMILES string of the molecule is CC[C@@H](Sc1nc2cc3c(cc2c(=O)n1Cc1ccc(OC)cc1)OCO3)C(=O)Nc1ccc(OC)c(Cl)c1. The van der Waals surface area contributed by atoms with Crippen molar-refractivity contribution >= 4 is 45.9 Å². The summed E-state index contributed by atoms with van der Waals surface area (Å²) in [5.74, 6) is 2.02. The summed E-state index contributed by atoms with van der Waals surface area (Å²) >= 11 is 7.46. The Hall–Kier alpha value is -3.89. The third-order valence-corrected chi connectivity index (χ3v) is 7.89. The first kappa shape index (κ1) is 26.7. The second-order valence-electron chi connectivity index (χ2n) is 8.71. The van der Waals surface area contributed by atoms with Crippen LogP contribution in [0.1, 0.15) is 18.9 Å². The highest BCUT2D eigenvalue weighted by molar-refractivity contribution is 8.00. The Balaban J connectivity index is 1.50. The smallest absolute Gasteiger partial charge is 0.262 e. The summed E-state index contributed by atoms with van der Waals surface area (Å²) in [6.45, 7) is 2.25. The van der Waals surface area contributed by atoms with Gasteiger partial charge in [-0.3, -0.25) is 14.2 Å². The summed E-state index contributed by atoms with van der Waals surface area (Å²) < 4.78 is 23.0. The quantitative estimate of drug-likeness (QED) is 0.213. The van der Waals surface area contributed by atoms with Gasteiger partial charge in [0.25, 0.3) is 5.56 Å². The number of rotatable bonds is 9. The van der Waals surface area contributed by atoms with Gasteiger partial charge in [-0.25, -0.2) is 4.98 Å². The Morgan fingerprint density at radius 2 is 1.85 bits per heavy atom. The van der Waals surface area contributed by atoms with Crippen molar-refractivity contribution in [1.82, 2.24) is 9.55 Å². The number of methoxy groups -OCH3 is 2. The van der Waals surface area contributed by atoms with Gasteiger partial charge < -0.3 is 24.3 Å². The van der Waals surface area contributed by atoms with Crippen LogP contribution in [0.4, 0.5) is 5.69 Å². The van der Waals surface area contributed by atoms with Gasteiger partial charge in [0.1, 0.15) is 11.5 Å². The van der Waals surface area contributed by atoms with Crippen LogP contribution in [0.5, 0.6) is 23.0 Å². The van der Waals surface area contributed by atoms with E-state index in [4.69, 9.17) is 35.5 Å². The van der Waals surface area contributed by atoms with Crippen molar-refractivity contribution in [2.45, 2.75) is 30.3 Å². The van der Waals surface area contributed by atoms with E-state index in [-0.39, 0.29) is 24.8 Å². The number of ether oxygens (including phenoxy) is 4. The summed E-state index contributed by atoms with van der Waals surface area (Å²) in [6.07, 6.45) is 0.498. The second-order valence-corrected chi connectivity index (χ2v) is 10.3. The summed E-state index contributed by atoms with van der Waals surface area (Å²) in [5, 5.41) is 3.58. The predicted octanol–water partition coefficient (Wildman–Crippen LogP) is 5.35. The molecule has 2 heterocycles. The zero-order chi connectivity index (χ0) is 27.5. The maximum Gasteiger partial charge on any atom is 0.262 e. The molecule has 1 aliphatic heterocycles. The number of halogens is 1. The Bertz CT molecular complexity index is 1590. The van der Waals surface area contributed by atoms with Crippen LogP contribution >= 0.6 is 23.4 Å². The number of hydrogen-bond acceptors (Lipinski definition) is 8. The van der Waals surface area contributed by atoms with Gasteiger partial charge in [-0.15, -0.1) is 0 Å². The number of anilines is 1. The first-order valence-corrected chi connectivity index (χ1v) is 13.4. The number of aromatic nitrogens is 2. The minimum Gasteiger partial charge on any atom is -0.497 e. The lowest BCUT2D eigenvalue weighted by Gasteiger charge is -2.18. The lowest BCUT2D eigenvalue weighted by atomic mass is 10.2. The molecule has 0 fully saturated rings. The lowest BCUT2D eigenvalue weighted by molar-refractivity contribution is -0.115. The summed E-state index contributed by atoms with van der Waals surface area (Å²) in [5.41, 5.74) is 1.65. The standard InChI is InChI=1S/C28H26ClN3O6S/c1-4-25(26(33)30-17-7-10-22(36-3)20(29)11-17)39-28-31-21-13-24-23(37-15-38-24)12-19(21)27(34)32(28)14-16-5-8-18(35-2)9-6-16/h5-13,25H,4,14-15H2,1-3H3,(H,30,33)/t25-/m1/s1. The van der Waals surface area contributed by atoms with Crippen molar-refractivity contribution in [3.63, 3.8) is 0 Å². The van der Waals surface area contributed by atoms with Crippen LogP contribution in [0.3, 0.4) is 0 Å². The van der Waals surface area contributed by atoms with Crippen molar-refractivity contribution < 1.29 is 23.7 Å². The van der Waals surface area contributed by atoms with Crippen molar-refractivity contribution in [2.24, 2.45) is 0 Å². The number of amides is 1. The van der Waals surface area contributed by atoms with Crippen LogP contribution in [0, 0.1) is 0 Å². The number of fused-ring (bicyclic) bond motifs is 2. The van der Waals surface area contributed by atoms with Crippen molar-refractivity contribution in [2.75, 3.05) is 26.3 Å². The Morgan fingerprint density at radius 3 is 2.51 bits per heavy atom.